The Bertz CT molecular complexity index is 444. The van der Waals surface area contributed by atoms with Gasteiger partial charge in [0.05, 0.1) is 5.69 Å². The Morgan fingerprint density at radius 2 is 2.26 bits per heavy atom. The van der Waals surface area contributed by atoms with E-state index in [0.29, 0.717) is 23.2 Å². The molecule has 0 saturated carbocycles. The van der Waals surface area contributed by atoms with Crippen molar-refractivity contribution in [3.8, 4) is 0 Å². The molecule has 0 spiro atoms. The van der Waals surface area contributed by atoms with Gasteiger partial charge in [-0.1, -0.05) is 11.6 Å². The summed E-state index contributed by atoms with van der Waals surface area (Å²) in [6, 6.07) is 1.85. The first-order valence-corrected chi connectivity index (χ1v) is 7.15. The third kappa shape index (κ3) is 4.48. The molecule has 1 saturated heterocycles. The average Bonchev–Trinajstić information content (AvgIpc) is 2.42. The van der Waals surface area contributed by atoms with Crippen LogP contribution in [0.1, 0.15) is 31.2 Å². The second kappa shape index (κ2) is 6.87. The summed E-state index contributed by atoms with van der Waals surface area (Å²) >= 11 is 5.96. The number of aryl methyl sites for hydroxylation is 1. The number of hydrogen-bond acceptors (Lipinski definition) is 3. The monoisotopic (exact) mass is 281 g/mol. The number of piperidine rings is 1. The van der Waals surface area contributed by atoms with E-state index in [-0.39, 0.29) is 5.91 Å². The first kappa shape index (κ1) is 14.3. The number of carbonyl (C=O) groups excluding carboxylic acids is 1. The minimum Gasteiger partial charge on any atom is -0.323 e. The van der Waals surface area contributed by atoms with Gasteiger partial charge in [-0.3, -0.25) is 4.79 Å². The number of pyridine rings is 1. The zero-order chi connectivity index (χ0) is 13.7. The molecule has 1 aromatic heterocycles. The van der Waals surface area contributed by atoms with Crippen LogP contribution in [0.4, 0.5) is 5.69 Å². The highest BCUT2D eigenvalue weighted by Gasteiger charge is 2.15. The third-order valence-electron chi connectivity index (χ3n) is 3.49. The van der Waals surface area contributed by atoms with Crippen LogP contribution in [0, 0.1) is 12.8 Å². The van der Waals surface area contributed by atoms with Gasteiger partial charge in [0.2, 0.25) is 5.91 Å². The number of halogens is 1. The number of rotatable bonds is 4. The summed E-state index contributed by atoms with van der Waals surface area (Å²) in [7, 11) is 0. The van der Waals surface area contributed by atoms with E-state index in [1.54, 1.807) is 6.20 Å². The van der Waals surface area contributed by atoms with Gasteiger partial charge in [-0.05, 0) is 56.8 Å². The predicted molar refractivity (Wildman–Crippen MR) is 77.4 cm³/mol. The van der Waals surface area contributed by atoms with Crippen molar-refractivity contribution in [2.24, 2.45) is 5.92 Å². The number of anilines is 1. The van der Waals surface area contributed by atoms with Gasteiger partial charge in [-0.15, -0.1) is 0 Å². The van der Waals surface area contributed by atoms with E-state index in [1.165, 1.54) is 12.8 Å². The van der Waals surface area contributed by atoms with Crippen LogP contribution < -0.4 is 10.6 Å². The van der Waals surface area contributed by atoms with Gasteiger partial charge in [-0.25, -0.2) is 4.98 Å². The first-order chi connectivity index (χ1) is 9.15. The second-order valence-corrected chi connectivity index (χ2v) is 5.49. The van der Waals surface area contributed by atoms with Gasteiger partial charge in [0, 0.05) is 12.6 Å². The van der Waals surface area contributed by atoms with Crippen LogP contribution in [0.2, 0.25) is 5.15 Å². The largest absolute Gasteiger partial charge is 0.323 e. The van der Waals surface area contributed by atoms with E-state index in [1.807, 2.05) is 13.0 Å². The molecular formula is C14H20ClN3O. The molecule has 1 amide bonds. The number of nitrogens with one attached hydrogen (secondary N) is 2. The lowest BCUT2D eigenvalue weighted by Crippen LogP contribution is -2.28. The molecule has 1 aliphatic rings. The Morgan fingerprint density at radius 1 is 1.53 bits per heavy atom. The van der Waals surface area contributed by atoms with E-state index in [2.05, 4.69) is 15.6 Å². The van der Waals surface area contributed by atoms with Crippen molar-refractivity contribution in [3.63, 3.8) is 0 Å². The average molecular weight is 282 g/mol. The third-order valence-corrected chi connectivity index (χ3v) is 3.79. The maximum absolute atomic E-state index is 11.9. The smallest absolute Gasteiger partial charge is 0.224 e. The molecule has 0 bridgehead atoms. The van der Waals surface area contributed by atoms with Gasteiger partial charge in [-0.2, -0.15) is 0 Å². The number of hydrogen-bond donors (Lipinski definition) is 2. The number of nitrogens with zero attached hydrogens (tertiary/aromatic N) is 1. The van der Waals surface area contributed by atoms with Crippen LogP contribution in [0.15, 0.2) is 12.3 Å². The summed E-state index contributed by atoms with van der Waals surface area (Å²) in [6.45, 7) is 4.06. The van der Waals surface area contributed by atoms with Crippen molar-refractivity contribution in [3.05, 3.63) is 23.0 Å². The van der Waals surface area contributed by atoms with Gasteiger partial charge in [0.1, 0.15) is 0 Å². The van der Waals surface area contributed by atoms with Gasteiger partial charge in [0.15, 0.2) is 5.15 Å². The van der Waals surface area contributed by atoms with Crippen molar-refractivity contribution in [2.75, 3.05) is 18.4 Å². The van der Waals surface area contributed by atoms with Gasteiger partial charge < -0.3 is 10.6 Å². The lowest BCUT2D eigenvalue weighted by molar-refractivity contribution is -0.116. The molecule has 2 rings (SSSR count). The van der Waals surface area contributed by atoms with Crippen LogP contribution in [0.25, 0.3) is 0 Å². The summed E-state index contributed by atoms with van der Waals surface area (Å²) in [5.41, 5.74) is 1.59. The zero-order valence-corrected chi connectivity index (χ0v) is 12.0. The maximum atomic E-state index is 11.9. The Balaban J connectivity index is 1.81. The molecule has 0 radical (unpaired) electrons. The highest BCUT2D eigenvalue weighted by Crippen LogP contribution is 2.21. The normalized spacial score (nSPS) is 16.3. The molecule has 19 heavy (non-hydrogen) atoms. The standard InChI is InChI=1S/C14H20ClN3O/c1-10-8-12(14(15)17-9-10)18-13(19)3-2-11-4-6-16-7-5-11/h8-9,11,16H,2-7H2,1H3,(H,18,19). The molecule has 1 fully saturated rings. The van der Waals surface area contributed by atoms with Crippen molar-refractivity contribution in [1.29, 1.82) is 0 Å². The summed E-state index contributed by atoms with van der Waals surface area (Å²) in [5, 5.41) is 6.52. The van der Waals surface area contributed by atoms with E-state index in [9.17, 15) is 4.79 Å². The summed E-state index contributed by atoms with van der Waals surface area (Å²) < 4.78 is 0. The minimum absolute atomic E-state index is 0.0211. The van der Waals surface area contributed by atoms with Crippen molar-refractivity contribution < 1.29 is 4.79 Å². The molecule has 0 unspecified atom stereocenters. The van der Waals surface area contributed by atoms with Gasteiger partial charge in [0.25, 0.3) is 0 Å². The quantitative estimate of drug-likeness (QED) is 0.835. The number of carbonyl (C=O) groups is 1. The van der Waals surface area contributed by atoms with E-state index in [0.717, 1.165) is 25.1 Å². The fourth-order valence-corrected chi connectivity index (χ4v) is 2.51. The van der Waals surface area contributed by atoms with Crippen LogP contribution in [0.5, 0.6) is 0 Å². The SMILES string of the molecule is Cc1cnc(Cl)c(NC(=O)CCC2CCNCC2)c1. The van der Waals surface area contributed by atoms with Gasteiger partial charge >= 0.3 is 0 Å². The molecule has 0 aromatic carbocycles. The highest BCUT2D eigenvalue weighted by atomic mass is 35.5. The molecule has 2 heterocycles. The summed E-state index contributed by atoms with van der Waals surface area (Å²) in [5.74, 6) is 0.686. The summed E-state index contributed by atoms with van der Waals surface area (Å²) in [4.78, 5) is 15.9. The fraction of sp³-hybridized carbons (Fsp3) is 0.571. The lowest BCUT2D eigenvalue weighted by atomic mass is 9.93. The number of amides is 1. The van der Waals surface area contributed by atoms with E-state index in [4.69, 9.17) is 11.6 Å². The first-order valence-electron chi connectivity index (χ1n) is 6.78. The van der Waals surface area contributed by atoms with Crippen LogP contribution in [-0.4, -0.2) is 24.0 Å². The lowest BCUT2D eigenvalue weighted by Gasteiger charge is -2.22. The zero-order valence-electron chi connectivity index (χ0n) is 11.2. The maximum Gasteiger partial charge on any atom is 0.224 e. The number of aromatic nitrogens is 1. The highest BCUT2D eigenvalue weighted by molar-refractivity contribution is 6.32. The molecule has 0 atom stereocenters. The molecule has 1 aromatic rings. The molecule has 5 heteroatoms. The molecule has 2 N–H and O–H groups in total. The van der Waals surface area contributed by atoms with E-state index < -0.39 is 0 Å². The Morgan fingerprint density at radius 3 is 3.00 bits per heavy atom. The van der Waals surface area contributed by atoms with Crippen LogP contribution in [-0.2, 0) is 4.79 Å². The molecule has 0 aliphatic carbocycles. The van der Waals surface area contributed by atoms with Crippen LogP contribution >= 0.6 is 11.6 Å². The van der Waals surface area contributed by atoms with E-state index >= 15 is 0 Å². The summed E-state index contributed by atoms with van der Waals surface area (Å²) in [6.07, 6.45) is 5.52. The Kier molecular flexibility index (Phi) is 5.16. The molecule has 4 nitrogen and oxygen atoms in total. The van der Waals surface area contributed by atoms with Crippen molar-refractivity contribution >= 4 is 23.2 Å². The minimum atomic E-state index is 0.0211. The molecule has 1 aliphatic heterocycles. The van der Waals surface area contributed by atoms with Crippen molar-refractivity contribution in [2.45, 2.75) is 32.6 Å². The Hall–Kier alpha value is -1.13. The molecular weight excluding hydrogens is 262 g/mol. The second-order valence-electron chi connectivity index (χ2n) is 5.13. The van der Waals surface area contributed by atoms with Crippen molar-refractivity contribution in [1.82, 2.24) is 10.3 Å². The topological polar surface area (TPSA) is 54.0 Å². The Labute approximate surface area is 118 Å². The predicted octanol–water partition coefficient (Wildman–Crippen LogP) is 2.76. The molecule has 104 valence electrons. The van der Waals surface area contributed by atoms with Crippen LogP contribution in [0.3, 0.4) is 0 Å². The fourth-order valence-electron chi connectivity index (χ4n) is 2.36.